The second kappa shape index (κ2) is 12.0. The lowest BCUT2D eigenvalue weighted by molar-refractivity contribution is -0.143. The van der Waals surface area contributed by atoms with Gasteiger partial charge < -0.3 is 15.0 Å². The van der Waals surface area contributed by atoms with Crippen molar-refractivity contribution in [3.63, 3.8) is 0 Å². The van der Waals surface area contributed by atoms with E-state index in [-0.39, 0.29) is 35.6 Å². The highest BCUT2D eigenvalue weighted by Gasteiger charge is 2.50. The summed E-state index contributed by atoms with van der Waals surface area (Å²) in [6.45, 7) is 11.0. The van der Waals surface area contributed by atoms with Crippen LogP contribution in [0.3, 0.4) is 0 Å². The van der Waals surface area contributed by atoms with Gasteiger partial charge in [0.2, 0.25) is 5.91 Å². The number of carbonyl (C=O) groups excluding carboxylic acids is 1. The van der Waals surface area contributed by atoms with E-state index < -0.39 is 11.9 Å². The molecule has 1 N–H and O–H groups in total. The number of hydrogen-bond donors (Lipinski definition) is 1. The van der Waals surface area contributed by atoms with Crippen LogP contribution in [-0.2, 0) is 22.1 Å². The highest BCUT2D eigenvalue weighted by molar-refractivity contribution is 5.76. The van der Waals surface area contributed by atoms with Crippen molar-refractivity contribution in [3.05, 3.63) is 29.6 Å². The fourth-order valence-electron chi connectivity index (χ4n) is 6.33. The largest absolute Gasteiger partial charge is 0.433 e. The lowest BCUT2D eigenvalue weighted by atomic mass is 9.76. The maximum atomic E-state index is 13.0. The number of hydrogen-bond acceptors (Lipinski definition) is 5. The number of amides is 1. The fourth-order valence-corrected chi connectivity index (χ4v) is 6.33. The molecule has 3 aliphatic rings. The first-order valence-electron chi connectivity index (χ1n) is 14.0. The first kappa shape index (κ1) is 28.3. The summed E-state index contributed by atoms with van der Waals surface area (Å²) in [6.07, 6.45) is 3.39. The molecule has 1 aliphatic carbocycles. The van der Waals surface area contributed by atoms with Crippen LogP contribution in [0.4, 0.5) is 13.2 Å². The van der Waals surface area contributed by atoms with Crippen molar-refractivity contribution in [1.29, 1.82) is 0 Å². The van der Waals surface area contributed by atoms with Crippen LogP contribution in [0.2, 0.25) is 0 Å². The Morgan fingerprint density at radius 1 is 1.14 bits per heavy atom. The number of halogens is 3. The molecule has 4 rings (SSSR count). The van der Waals surface area contributed by atoms with Gasteiger partial charge in [0, 0.05) is 57.0 Å². The van der Waals surface area contributed by atoms with Crippen LogP contribution in [0, 0.1) is 5.92 Å². The van der Waals surface area contributed by atoms with Gasteiger partial charge in [-0.2, -0.15) is 13.2 Å². The Kier molecular flexibility index (Phi) is 9.17. The maximum absolute atomic E-state index is 13.0. The number of aromatic nitrogens is 1. The van der Waals surface area contributed by atoms with Crippen LogP contribution in [0.5, 0.6) is 0 Å². The standard InChI is InChI=1S/C28H43F3N4O2/c1-22(2)10-14-34-15-17-35(18-16-34)26(13-19-37-27(20-26)11-3-4-12-27)21-32-25(36)9-8-23-6-5-7-24(33-23)28(29,30)31/h5-7,22H,3-4,8-21H2,1-2H3,(H,32,36). The van der Waals surface area contributed by atoms with Gasteiger partial charge in [0.1, 0.15) is 5.69 Å². The Balaban J connectivity index is 1.37. The molecule has 3 heterocycles. The quantitative estimate of drug-likeness (QED) is 0.509. The first-order valence-corrected chi connectivity index (χ1v) is 14.0. The van der Waals surface area contributed by atoms with Crippen LogP contribution >= 0.6 is 0 Å². The highest BCUT2D eigenvalue weighted by atomic mass is 19.4. The average molecular weight is 525 g/mol. The molecule has 37 heavy (non-hydrogen) atoms. The number of nitrogens with zero attached hydrogens (tertiary/aromatic N) is 3. The zero-order valence-electron chi connectivity index (χ0n) is 22.4. The zero-order valence-corrected chi connectivity index (χ0v) is 22.4. The molecule has 208 valence electrons. The number of pyridine rings is 1. The molecule has 0 bridgehead atoms. The Morgan fingerprint density at radius 3 is 2.54 bits per heavy atom. The minimum absolute atomic E-state index is 0.0836. The first-order chi connectivity index (χ1) is 17.6. The normalized spacial score (nSPS) is 25.1. The second-order valence-electron chi connectivity index (χ2n) is 11.7. The number of alkyl halides is 3. The van der Waals surface area contributed by atoms with Crippen LogP contribution in [-0.4, -0.2) is 77.7 Å². The van der Waals surface area contributed by atoms with E-state index in [1.165, 1.54) is 25.3 Å². The number of piperazine rings is 1. The number of ether oxygens (including phenoxy) is 1. The van der Waals surface area contributed by atoms with Crippen LogP contribution in [0.15, 0.2) is 18.2 Å². The minimum Gasteiger partial charge on any atom is -0.375 e. The van der Waals surface area contributed by atoms with Crippen LogP contribution in [0.25, 0.3) is 0 Å². The van der Waals surface area contributed by atoms with Gasteiger partial charge in [-0.3, -0.25) is 9.69 Å². The van der Waals surface area contributed by atoms with Gasteiger partial charge >= 0.3 is 6.18 Å². The third kappa shape index (κ3) is 7.45. The molecule has 1 aromatic heterocycles. The van der Waals surface area contributed by atoms with Crippen LogP contribution in [0.1, 0.15) is 76.6 Å². The number of rotatable bonds is 9. The predicted octanol–water partition coefficient (Wildman–Crippen LogP) is 4.67. The molecule has 2 saturated heterocycles. The maximum Gasteiger partial charge on any atom is 0.433 e. The van der Waals surface area contributed by atoms with E-state index in [0.717, 1.165) is 64.5 Å². The van der Waals surface area contributed by atoms with E-state index in [1.807, 2.05) is 0 Å². The Morgan fingerprint density at radius 2 is 1.86 bits per heavy atom. The summed E-state index contributed by atoms with van der Waals surface area (Å²) in [4.78, 5) is 21.7. The Labute approximate surface area is 219 Å². The molecule has 1 saturated carbocycles. The summed E-state index contributed by atoms with van der Waals surface area (Å²) >= 11 is 0. The number of carbonyl (C=O) groups is 1. The van der Waals surface area contributed by atoms with Gasteiger partial charge in [-0.25, -0.2) is 4.98 Å². The van der Waals surface area contributed by atoms with Gasteiger partial charge in [-0.05, 0) is 63.1 Å². The van der Waals surface area contributed by atoms with E-state index in [4.69, 9.17) is 4.74 Å². The van der Waals surface area contributed by atoms with E-state index in [9.17, 15) is 18.0 Å². The highest BCUT2D eigenvalue weighted by Crippen LogP contribution is 2.45. The monoisotopic (exact) mass is 524 g/mol. The molecule has 1 spiro atoms. The molecule has 1 unspecified atom stereocenters. The Hall–Kier alpha value is -1.71. The Bertz CT molecular complexity index is 896. The molecule has 0 radical (unpaired) electrons. The van der Waals surface area contributed by atoms with Gasteiger partial charge in [0.25, 0.3) is 0 Å². The van der Waals surface area contributed by atoms with Crippen molar-refractivity contribution >= 4 is 5.91 Å². The van der Waals surface area contributed by atoms with Crippen molar-refractivity contribution in [3.8, 4) is 0 Å². The van der Waals surface area contributed by atoms with Gasteiger partial charge in [0.15, 0.2) is 0 Å². The third-order valence-electron chi connectivity index (χ3n) is 8.53. The molecule has 6 nitrogen and oxygen atoms in total. The lowest BCUT2D eigenvalue weighted by Gasteiger charge is -2.54. The molecule has 3 fully saturated rings. The zero-order chi connectivity index (χ0) is 26.5. The van der Waals surface area contributed by atoms with E-state index in [2.05, 4.69) is 33.9 Å². The van der Waals surface area contributed by atoms with Crippen molar-refractivity contribution in [2.24, 2.45) is 5.92 Å². The SMILES string of the molecule is CC(C)CCN1CCN(C2(CNC(=O)CCc3cccc(C(F)(F)F)n3)CCOC3(CCCC3)C2)CC1. The molecule has 0 aromatic carbocycles. The second-order valence-corrected chi connectivity index (χ2v) is 11.7. The topological polar surface area (TPSA) is 57.7 Å². The number of nitrogens with one attached hydrogen (secondary N) is 1. The smallest absolute Gasteiger partial charge is 0.375 e. The van der Waals surface area contributed by atoms with Crippen molar-refractivity contribution in [2.75, 3.05) is 45.9 Å². The molecular weight excluding hydrogens is 481 g/mol. The summed E-state index contributed by atoms with van der Waals surface area (Å²) < 4.78 is 45.3. The van der Waals surface area contributed by atoms with Gasteiger partial charge in [-0.15, -0.1) is 0 Å². The van der Waals surface area contributed by atoms with E-state index >= 15 is 0 Å². The van der Waals surface area contributed by atoms with Crippen molar-refractivity contribution < 1.29 is 22.7 Å². The number of aryl methyl sites for hydroxylation is 1. The van der Waals surface area contributed by atoms with Crippen molar-refractivity contribution in [2.45, 2.75) is 89.0 Å². The molecule has 1 aromatic rings. The van der Waals surface area contributed by atoms with E-state index in [0.29, 0.717) is 19.1 Å². The fraction of sp³-hybridized carbons (Fsp3) is 0.786. The minimum atomic E-state index is -4.48. The molecular formula is C28H43F3N4O2. The molecule has 1 atom stereocenters. The lowest BCUT2D eigenvalue weighted by Crippen LogP contribution is -2.65. The van der Waals surface area contributed by atoms with Gasteiger partial charge in [0.05, 0.1) is 5.60 Å². The molecule has 1 amide bonds. The average Bonchev–Trinajstić information content (AvgIpc) is 3.32. The summed E-state index contributed by atoms with van der Waals surface area (Å²) in [6, 6.07) is 3.85. The predicted molar refractivity (Wildman–Crippen MR) is 137 cm³/mol. The van der Waals surface area contributed by atoms with E-state index in [1.54, 1.807) is 6.07 Å². The summed E-state index contributed by atoms with van der Waals surface area (Å²) in [5, 5.41) is 3.16. The summed E-state index contributed by atoms with van der Waals surface area (Å²) in [5.41, 5.74) is -0.856. The van der Waals surface area contributed by atoms with Crippen molar-refractivity contribution in [1.82, 2.24) is 20.1 Å². The molecule has 2 aliphatic heterocycles. The summed E-state index contributed by atoms with van der Waals surface area (Å²) in [5.74, 6) is 0.560. The third-order valence-corrected chi connectivity index (χ3v) is 8.53. The molecule has 9 heteroatoms. The van der Waals surface area contributed by atoms with Gasteiger partial charge in [-0.1, -0.05) is 32.8 Å². The summed E-state index contributed by atoms with van der Waals surface area (Å²) in [7, 11) is 0. The van der Waals surface area contributed by atoms with Crippen LogP contribution < -0.4 is 5.32 Å².